The fraction of sp³-hybridized carbons (Fsp3) is 0.333. The molecule has 1 aliphatic rings. The van der Waals surface area contributed by atoms with Crippen molar-refractivity contribution >= 4 is 16.9 Å². The number of amides is 1. The van der Waals surface area contributed by atoms with Crippen LogP contribution >= 0.6 is 0 Å². The summed E-state index contributed by atoms with van der Waals surface area (Å²) in [6.07, 6.45) is 4.77. The van der Waals surface area contributed by atoms with Crippen LogP contribution in [0.15, 0.2) is 30.6 Å². The van der Waals surface area contributed by atoms with E-state index in [1.807, 2.05) is 30.4 Å². The summed E-state index contributed by atoms with van der Waals surface area (Å²) in [6.45, 7) is 3.68. The van der Waals surface area contributed by atoms with Crippen molar-refractivity contribution < 1.29 is 4.79 Å². The van der Waals surface area contributed by atoms with Gasteiger partial charge in [0.1, 0.15) is 5.65 Å². The Kier molecular flexibility index (Phi) is 4.04. The molecule has 2 aromatic heterocycles. The number of benzene rings is 1. The van der Waals surface area contributed by atoms with Crippen LogP contribution in [0.1, 0.15) is 27.0 Å². The van der Waals surface area contributed by atoms with E-state index in [4.69, 9.17) is 0 Å². The van der Waals surface area contributed by atoms with E-state index >= 15 is 0 Å². The van der Waals surface area contributed by atoms with Crippen LogP contribution in [0.5, 0.6) is 0 Å². The molecular formula is C21H24N4O. The normalized spacial score (nSPS) is 14.3. The van der Waals surface area contributed by atoms with Crippen molar-refractivity contribution in [2.45, 2.75) is 19.9 Å². The molecule has 3 heterocycles. The minimum atomic E-state index is 0.111. The van der Waals surface area contributed by atoms with Crippen molar-refractivity contribution in [1.82, 2.24) is 19.8 Å². The number of fused-ring (bicyclic) bond motifs is 2. The smallest absolute Gasteiger partial charge is 0.253 e. The molecule has 0 saturated heterocycles. The quantitative estimate of drug-likeness (QED) is 0.791. The molecule has 0 fully saturated rings. The molecule has 0 bridgehead atoms. The number of carbonyl (C=O) groups excluding carboxylic acids is 1. The van der Waals surface area contributed by atoms with Gasteiger partial charge >= 0.3 is 0 Å². The summed E-state index contributed by atoms with van der Waals surface area (Å²) < 4.78 is 0. The van der Waals surface area contributed by atoms with Gasteiger partial charge in [-0.3, -0.25) is 4.79 Å². The number of hydrogen-bond acceptors (Lipinski definition) is 3. The second kappa shape index (κ2) is 6.25. The Morgan fingerprint density at radius 1 is 1.23 bits per heavy atom. The van der Waals surface area contributed by atoms with Crippen LogP contribution in [0.2, 0.25) is 0 Å². The van der Waals surface area contributed by atoms with E-state index in [0.29, 0.717) is 0 Å². The molecule has 5 heteroatoms. The van der Waals surface area contributed by atoms with Gasteiger partial charge in [-0.15, -0.1) is 0 Å². The molecule has 5 nitrogen and oxygen atoms in total. The van der Waals surface area contributed by atoms with Crippen LogP contribution in [0.25, 0.3) is 22.2 Å². The van der Waals surface area contributed by atoms with Crippen LogP contribution in [-0.2, 0) is 13.0 Å². The van der Waals surface area contributed by atoms with E-state index in [1.165, 1.54) is 16.7 Å². The largest absolute Gasteiger partial charge is 0.346 e. The Morgan fingerprint density at radius 2 is 2.04 bits per heavy atom. The van der Waals surface area contributed by atoms with Gasteiger partial charge in [-0.05, 0) is 67.9 Å². The SMILES string of the molecule is Cc1c[nH]c2ncc(-c3cc(CN(C)C)c4c(c3)C(=O)N(C)CC4)cc12. The number of nitrogens with zero attached hydrogens (tertiary/aromatic N) is 3. The van der Waals surface area contributed by atoms with Crippen LogP contribution < -0.4 is 0 Å². The van der Waals surface area contributed by atoms with Crippen LogP contribution in [0.3, 0.4) is 0 Å². The number of aryl methyl sites for hydroxylation is 1. The minimum Gasteiger partial charge on any atom is -0.346 e. The van der Waals surface area contributed by atoms with Crippen molar-refractivity contribution in [3.05, 3.63) is 52.8 Å². The van der Waals surface area contributed by atoms with Gasteiger partial charge in [0.05, 0.1) is 0 Å². The highest BCUT2D eigenvalue weighted by molar-refractivity contribution is 5.98. The van der Waals surface area contributed by atoms with Crippen molar-refractivity contribution in [1.29, 1.82) is 0 Å². The number of carbonyl (C=O) groups is 1. The predicted octanol–water partition coefficient (Wildman–Crippen LogP) is 3.23. The molecule has 0 aliphatic carbocycles. The van der Waals surface area contributed by atoms with E-state index in [-0.39, 0.29) is 5.91 Å². The fourth-order valence-electron chi connectivity index (χ4n) is 3.75. The van der Waals surface area contributed by atoms with E-state index in [0.717, 1.165) is 47.2 Å². The number of nitrogens with one attached hydrogen (secondary N) is 1. The summed E-state index contributed by atoms with van der Waals surface area (Å²) in [5.41, 5.74) is 7.43. The molecule has 0 radical (unpaired) electrons. The van der Waals surface area contributed by atoms with Gasteiger partial charge in [-0.2, -0.15) is 0 Å². The van der Waals surface area contributed by atoms with Crippen molar-refractivity contribution in [3.63, 3.8) is 0 Å². The lowest BCUT2D eigenvalue weighted by atomic mass is 9.89. The molecule has 1 aromatic carbocycles. The highest BCUT2D eigenvalue weighted by Gasteiger charge is 2.25. The van der Waals surface area contributed by atoms with E-state index in [1.54, 1.807) is 0 Å². The third-order valence-corrected chi connectivity index (χ3v) is 5.17. The number of rotatable bonds is 3. The van der Waals surface area contributed by atoms with Crippen molar-refractivity contribution in [2.24, 2.45) is 0 Å². The van der Waals surface area contributed by atoms with E-state index in [9.17, 15) is 4.79 Å². The monoisotopic (exact) mass is 348 g/mol. The molecule has 0 spiro atoms. The summed E-state index contributed by atoms with van der Waals surface area (Å²) in [5.74, 6) is 0.111. The molecule has 1 aliphatic heterocycles. The Morgan fingerprint density at radius 3 is 2.81 bits per heavy atom. The first-order valence-corrected chi connectivity index (χ1v) is 8.94. The van der Waals surface area contributed by atoms with Crippen LogP contribution in [0.4, 0.5) is 0 Å². The Balaban J connectivity index is 1.89. The lowest BCUT2D eigenvalue weighted by Gasteiger charge is -2.28. The van der Waals surface area contributed by atoms with Gasteiger partial charge < -0.3 is 14.8 Å². The van der Waals surface area contributed by atoms with Crippen molar-refractivity contribution in [3.8, 4) is 11.1 Å². The molecule has 1 N–H and O–H groups in total. The second-order valence-electron chi connectivity index (χ2n) is 7.47. The molecule has 0 saturated carbocycles. The molecule has 134 valence electrons. The summed E-state index contributed by atoms with van der Waals surface area (Å²) in [7, 11) is 6.00. The third kappa shape index (κ3) is 2.78. The summed E-state index contributed by atoms with van der Waals surface area (Å²) in [4.78, 5) is 24.5. The van der Waals surface area contributed by atoms with Crippen molar-refractivity contribution in [2.75, 3.05) is 27.7 Å². The zero-order valence-electron chi connectivity index (χ0n) is 15.8. The lowest BCUT2D eigenvalue weighted by Crippen LogP contribution is -2.35. The third-order valence-electron chi connectivity index (χ3n) is 5.17. The Labute approximate surface area is 153 Å². The topological polar surface area (TPSA) is 52.2 Å². The molecule has 3 aromatic rings. The molecule has 0 unspecified atom stereocenters. The first kappa shape index (κ1) is 16.8. The highest BCUT2D eigenvalue weighted by atomic mass is 16.2. The molecule has 4 rings (SSSR count). The Hall–Kier alpha value is -2.66. The highest BCUT2D eigenvalue weighted by Crippen LogP contribution is 2.31. The number of aromatic nitrogens is 2. The number of H-pyrrole nitrogens is 1. The summed E-state index contributed by atoms with van der Waals surface area (Å²) >= 11 is 0. The van der Waals surface area contributed by atoms with Gasteiger partial charge in [-0.25, -0.2) is 4.98 Å². The fourth-order valence-corrected chi connectivity index (χ4v) is 3.75. The van der Waals surface area contributed by atoms with Gasteiger partial charge in [0, 0.05) is 49.0 Å². The summed E-state index contributed by atoms with van der Waals surface area (Å²) in [5, 5.41) is 1.12. The maximum atomic E-state index is 12.8. The second-order valence-corrected chi connectivity index (χ2v) is 7.47. The van der Waals surface area contributed by atoms with E-state index < -0.39 is 0 Å². The number of hydrogen-bond donors (Lipinski definition) is 1. The average molecular weight is 348 g/mol. The first-order valence-electron chi connectivity index (χ1n) is 8.94. The van der Waals surface area contributed by atoms with Gasteiger partial charge in [0.2, 0.25) is 0 Å². The van der Waals surface area contributed by atoms with Crippen LogP contribution in [-0.4, -0.2) is 53.4 Å². The van der Waals surface area contributed by atoms with Crippen LogP contribution in [0, 0.1) is 6.92 Å². The van der Waals surface area contributed by atoms with Gasteiger partial charge in [0.25, 0.3) is 5.91 Å². The maximum absolute atomic E-state index is 12.8. The number of pyridine rings is 1. The molecule has 26 heavy (non-hydrogen) atoms. The summed E-state index contributed by atoms with van der Waals surface area (Å²) in [6, 6.07) is 6.42. The first-order chi connectivity index (χ1) is 12.4. The zero-order chi connectivity index (χ0) is 18.4. The molecule has 0 atom stereocenters. The Bertz CT molecular complexity index is 1000. The van der Waals surface area contributed by atoms with E-state index in [2.05, 4.69) is 48.0 Å². The predicted molar refractivity (Wildman–Crippen MR) is 104 cm³/mol. The molecule has 1 amide bonds. The number of likely N-dealkylation sites (N-methyl/N-ethyl adjacent to an activating group) is 1. The zero-order valence-corrected chi connectivity index (χ0v) is 15.8. The minimum absolute atomic E-state index is 0.111. The van der Waals surface area contributed by atoms with Gasteiger partial charge in [-0.1, -0.05) is 0 Å². The molecular weight excluding hydrogens is 324 g/mol. The standard InChI is InChI=1S/C21H24N4O/c1-13-10-22-20-18(13)9-15(11-23-20)14-7-16(12-24(2)3)17-5-6-25(4)21(26)19(17)8-14/h7-11H,5-6,12H2,1-4H3,(H,22,23). The maximum Gasteiger partial charge on any atom is 0.253 e. The lowest BCUT2D eigenvalue weighted by molar-refractivity contribution is 0.0780. The number of aromatic amines is 1. The average Bonchev–Trinajstić information content (AvgIpc) is 2.98. The van der Waals surface area contributed by atoms with Gasteiger partial charge in [0.15, 0.2) is 0 Å².